The first-order chi connectivity index (χ1) is 11.8. The molecule has 0 aliphatic carbocycles. The molecule has 0 aromatic carbocycles. The Hall–Kier alpha value is -2.71. The van der Waals surface area contributed by atoms with E-state index in [2.05, 4.69) is 15.5 Å². The third-order valence-corrected chi connectivity index (χ3v) is 5.19. The smallest absolute Gasteiger partial charge is 0.268 e. The molecule has 24 heavy (non-hydrogen) atoms. The van der Waals surface area contributed by atoms with Crippen LogP contribution < -0.4 is 5.32 Å². The van der Waals surface area contributed by atoms with E-state index in [1.54, 1.807) is 17.4 Å². The van der Waals surface area contributed by atoms with E-state index in [1.807, 2.05) is 29.6 Å². The molecule has 4 aromatic heterocycles. The molecule has 1 N–H and O–H groups in total. The Morgan fingerprint density at radius 3 is 2.96 bits per heavy atom. The van der Waals surface area contributed by atoms with Gasteiger partial charge in [0.1, 0.15) is 6.26 Å². The van der Waals surface area contributed by atoms with Crippen LogP contribution in [0.4, 0.5) is 0 Å². The Bertz CT molecular complexity index is 939. The molecule has 0 saturated carbocycles. The molecule has 0 fully saturated rings. The monoisotopic (exact) mass is 357 g/mol. The van der Waals surface area contributed by atoms with Crippen LogP contribution in [0, 0.1) is 0 Å². The first-order valence-corrected chi connectivity index (χ1v) is 8.76. The van der Waals surface area contributed by atoms with Crippen LogP contribution in [0.1, 0.15) is 15.2 Å². The summed E-state index contributed by atoms with van der Waals surface area (Å²) >= 11 is 3.07. The number of carbonyl (C=O) groups excluding carboxylic acids is 1. The minimum atomic E-state index is -0.170. The van der Waals surface area contributed by atoms with Gasteiger partial charge >= 0.3 is 0 Å². The van der Waals surface area contributed by atoms with Gasteiger partial charge in [-0.25, -0.2) is 0 Å². The van der Waals surface area contributed by atoms with Crippen molar-refractivity contribution < 1.29 is 13.7 Å². The maximum atomic E-state index is 11.9. The van der Waals surface area contributed by atoms with Crippen molar-refractivity contribution in [1.82, 2.24) is 15.5 Å². The maximum Gasteiger partial charge on any atom is 0.268 e. The van der Waals surface area contributed by atoms with Gasteiger partial charge in [0, 0.05) is 4.88 Å². The average Bonchev–Trinajstić information content (AvgIpc) is 3.40. The van der Waals surface area contributed by atoms with E-state index in [-0.39, 0.29) is 5.91 Å². The van der Waals surface area contributed by atoms with Crippen LogP contribution in [0.25, 0.3) is 21.5 Å². The average molecular weight is 357 g/mol. The number of furan rings is 1. The number of amides is 1. The standard InChI is InChI=1S/C16H11N3O3S2/c20-15(10-5-6-21-9-10)17-8-11-3-4-13(24-11)16-18-14(19-22-16)12-2-1-7-23-12/h1-7,9H,8H2,(H,17,20). The predicted octanol–water partition coefficient (Wildman–Crippen LogP) is 4.05. The van der Waals surface area contributed by atoms with E-state index in [4.69, 9.17) is 8.94 Å². The zero-order valence-corrected chi connectivity index (χ0v) is 13.9. The van der Waals surface area contributed by atoms with Crippen molar-refractivity contribution >= 4 is 28.6 Å². The van der Waals surface area contributed by atoms with Crippen molar-refractivity contribution in [3.63, 3.8) is 0 Å². The minimum absolute atomic E-state index is 0.170. The van der Waals surface area contributed by atoms with Crippen LogP contribution in [0.2, 0.25) is 0 Å². The number of hydrogen-bond acceptors (Lipinski definition) is 7. The van der Waals surface area contributed by atoms with E-state index in [0.717, 1.165) is 14.6 Å². The van der Waals surface area contributed by atoms with Crippen molar-refractivity contribution in [2.24, 2.45) is 0 Å². The number of carbonyl (C=O) groups is 1. The Morgan fingerprint density at radius 1 is 1.21 bits per heavy atom. The molecule has 4 rings (SSSR count). The lowest BCUT2D eigenvalue weighted by atomic mass is 10.3. The van der Waals surface area contributed by atoms with Crippen LogP contribution in [0.3, 0.4) is 0 Å². The molecular weight excluding hydrogens is 346 g/mol. The summed E-state index contributed by atoms with van der Waals surface area (Å²) in [6.45, 7) is 0.431. The van der Waals surface area contributed by atoms with Crippen molar-refractivity contribution in [2.45, 2.75) is 6.54 Å². The molecule has 0 aliphatic heterocycles. The largest absolute Gasteiger partial charge is 0.472 e. The van der Waals surface area contributed by atoms with E-state index in [0.29, 0.717) is 23.8 Å². The van der Waals surface area contributed by atoms with Gasteiger partial charge in [-0.05, 0) is 29.6 Å². The highest BCUT2D eigenvalue weighted by atomic mass is 32.1. The third-order valence-electron chi connectivity index (χ3n) is 3.25. The third kappa shape index (κ3) is 3.01. The lowest BCUT2D eigenvalue weighted by molar-refractivity contribution is 0.0950. The molecule has 1 amide bonds. The lowest BCUT2D eigenvalue weighted by Crippen LogP contribution is -2.21. The zero-order chi connectivity index (χ0) is 16.4. The fourth-order valence-electron chi connectivity index (χ4n) is 2.08. The molecule has 0 saturated heterocycles. The number of thiophene rings is 2. The molecule has 0 bridgehead atoms. The zero-order valence-electron chi connectivity index (χ0n) is 12.3. The summed E-state index contributed by atoms with van der Waals surface area (Å²) in [4.78, 5) is 19.1. The van der Waals surface area contributed by atoms with Gasteiger partial charge in [0.25, 0.3) is 11.8 Å². The first-order valence-electron chi connectivity index (χ1n) is 7.06. The molecule has 6 nitrogen and oxygen atoms in total. The summed E-state index contributed by atoms with van der Waals surface area (Å²) in [6.07, 6.45) is 2.89. The highest BCUT2D eigenvalue weighted by Crippen LogP contribution is 2.29. The van der Waals surface area contributed by atoms with E-state index in [9.17, 15) is 4.79 Å². The first kappa shape index (κ1) is 14.9. The number of aromatic nitrogens is 2. The van der Waals surface area contributed by atoms with Gasteiger partial charge in [0.15, 0.2) is 0 Å². The van der Waals surface area contributed by atoms with Gasteiger partial charge in [-0.1, -0.05) is 11.2 Å². The van der Waals surface area contributed by atoms with Crippen LogP contribution in [-0.2, 0) is 6.54 Å². The number of nitrogens with one attached hydrogen (secondary N) is 1. The molecular formula is C16H11N3O3S2. The summed E-state index contributed by atoms with van der Waals surface area (Å²) in [7, 11) is 0. The van der Waals surface area contributed by atoms with Gasteiger partial charge in [-0.15, -0.1) is 22.7 Å². The van der Waals surface area contributed by atoms with Gasteiger partial charge < -0.3 is 14.3 Å². The second-order valence-electron chi connectivity index (χ2n) is 4.86. The Kier molecular flexibility index (Phi) is 3.97. The Balaban J connectivity index is 1.44. The van der Waals surface area contributed by atoms with Crippen molar-refractivity contribution in [3.8, 4) is 21.5 Å². The second kappa shape index (κ2) is 6.42. The fraction of sp³-hybridized carbons (Fsp3) is 0.0625. The lowest BCUT2D eigenvalue weighted by Gasteiger charge is -2.00. The van der Waals surface area contributed by atoms with Crippen LogP contribution >= 0.6 is 22.7 Å². The fourth-order valence-corrected chi connectivity index (χ4v) is 3.60. The van der Waals surface area contributed by atoms with Crippen molar-refractivity contribution in [1.29, 1.82) is 0 Å². The summed E-state index contributed by atoms with van der Waals surface area (Å²) in [5, 5.41) is 8.81. The second-order valence-corrected chi connectivity index (χ2v) is 6.98. The minimum Gasteiger partial charge on any atom is -0.472 e. The van der Waals surface area contributed by atoms with Crippen molar-refractivity contribution in [3.05, 3.63) is 58.7 Å². The highest BCUT2D eigenvalue weighted by Gasteiger charge is 2.14. The van der Waals surface area contributed by atoms with Gasteiger partial charge in [-0.2, -0.15) is 4.98 Å². The van der Waals surface area contributed by atoms with Crippen molar-refractivity contribution in [2.75, 3.05) is 0 Å². The number of nitrogens with zero attached hydrogens (tertiary/aromatic N) is 2. The molecule has 4 heterocycles. The van der Waals surface area contributed by atoms with Crippen LogP contribution in [0.15, 0.2) is 57.2 Å². The maximum absolute atomic E-state index is 11.9. The van der Waals surface area contributed by atoms with Crippen LogP contribution in [0.5, 0.6) is 0 Å². The van der Waals surface area contributed by atoms with Gasteiger partial charge in [-0.3, -0.25) is 4.79 Å². The Labute approximate surface area is 144 Å². The molecule has 0 aliphatic rings. The summed E-state index contributed by atoms with van der Waals surface area (Å²) in [5.74, 6) is 0.899. The van der Waals surface area contributed by atoms with Gasteiger partial charge in [0.2, 0.25) is 5.82 Å². The quantitative estimate of drug-likeness (QED) is 0.583. The topological polar surface area (TPSA) is 81.2 Å². The molecule has 0 unspecified atom stereocenters. The van der Waals surface area contributed by atoms with E-state index in [1.165, 1.54) is 23.9 Å². The van der Waals surface area contributed by atoms with E-state index >= 15 is 0 Å². The summed E-state index contributed by atoms with van der Waals surface area (Å²) in [5.41, 5.74) is 0.504. The molecule has 0 spiro atoms. The summed E-state index contributed by atoms with van der Waals surface area (Å²) < 4.78 is 10.2. The van der Waals surface area contributed by atoms with E-state index < -0.39 is 0 Å². The molecule has 0 radical (unpaired) electrons. The molecule has 8 heteroatoms. The number of hydrogen-bond donors (Lipinski definition) is 1. The summed E-state index contributed by atoms with van der Waals surface area (Å²) in [6, 6.07) is 9.37. The Morgan fingerprint density at radius 2 is 2.17 bits per heavy atom. The number of rotatable bonds is 5. The predicted molar refractivity (Wildman–Crippen MR) is 90.8 cm³/mol. The molecule has 120 valence electrons. The SMILES string of the molecule is O=C(NCc1ccc(-c2nc(-c3cccs3)no2)s1)c1ccoc1. The molecule has 0 atom stereocenters. The van der Waals surface area contributed by atoms with Gasteiger partial charge in [0.05, 0.1) is 28.1 Å². The van der Waals surface area contributed by atoms with Crippen LogP contribution in [-0.4, -0.2) is 16.0 Å². The highest BCUT2D eigenvalue weighted by molar-refractivity contribution is 7.15. The normalized spacial score (nSPS) is 10.8. The molecule has 4 aromatic rings.